The number of carbonyl (C=O) groups excluding carboxylic acids is 1. The Morgan fingerprint density at radius 1 is 0.479 bits per heavy atom. The maximum atomic E-state index is 13.2. The normalized spacial score (nSPS) is 25.4. The molecule has 2 rings (SSSR count). The van der Waals surface area contributed by atoms with E-state index in [1.54, 1.807) is 0 Å². The lowest BCUT2D eigenvalue weighted by atomic mass is 9.97. The van der Waals surface area contributed by atoms with E-state index in [1.807, 2.05) is 0 Å². The minimum atomic E-state index is -1.78. The second-order valence-electron chi connectivity index (χ2n) is 21.8. The van der Waals surface area contributed by atoms with Gasteiger partial charge in [0.25, 0.3) is 0 Å². The van der Waals surface area contributed by atoms with E-state index in [9.17, 15) is 45.6 Å². The molecule has 12 unspecified atom stereocenters. The molecule has 0 aromatic rings. The van der Waals surface area contributed by atoms with E-state index in [1.165, 1.54) is 167 Å². The first-order valence-corrected chi connectivity index (χ1v) is 30.4. The van der Waals surface area contributed by atoms with Crippen LogP contribution in [0.5, 0.6) is 0 Å². The molecule has 14 heteroatoms. The van der Waals surface area contributed by atoms with Crippen molar-refractivity contribution in [3.8, 4) is 0 Å². The van der Waals surface area contributed by atoms with Crippen LogP contribution >= 0.6 is 0 Å². The van der Waals surface area contributed by atoms with Gasteiger partial charge in [-0.2, -0.15) is 0 Å². The van der Waals surface area contributed by atoms with E-state index in [0.717, 1.165) is 64.2 Å². The van der Waals surface area contributed by atoms with Crippen molar-refractivity contribution in [1.29, 1.82) is 0 Å². The van der Waals surface area contributed by atoms with Gasteiger partial charge in [0.15, 0.2) is 12.6 Å². The van der Waals surface area contributed by atoms with Gasteiger partial charge in [-0.1, -0.05) is 231 Å². The van der Waals surface area contributed by atoms with Crippen molar-refractivity contribution in [3.05, 3.63) is 12.2 Å². The number of aliphatic hydroxyl groups is 8. The van der Waals surface area contributed by atoms with Gasteiger partial charge in [0.05, 0.1) is 32.0 Å². The summed E-state index contributed by atoms with van der Waals surface area (Å²) in [7, 11) is 0. The third-order valence-electron chi connectivity index (χ3n) is 15.2. The van der Waals surface area contributed by atoms with Gasteiger partial charge in [0.1, 0.15) is 48.8 Å². The molecule has 0 aromatic carbocycles. The van der Waals surface area contributed by atoms with Crippen LogP contribution in [-0.4, -0.2) is 140 Å². The standard InChI is InChI=1S/C59H113NO13/c1-3-5-7-9-11-13-15-17-19-20-21-22-23-24-25-26-27-29-30-32-34-36-38-40-42-48(63)47(60-51(64)43-41-39-37-35-33-31-28-18-16-14-12-10-8-6-4-2)46-70-58-56(69)54(67)57(50(45-62)72-58)73-59-55(68)53(66)52(65)49(44-61)71-59/h18,28,47-50,52-59,61-63,65-69H,3-17,19-27,29-46H2,1-2H3,(H,60,64)/b28-18-. The minimum Gasteiger partial charge on any atom is -0.394 e. The summed E-state index contributed by atoms with van der Waals surface area (Å²) in [6.07, 6.45) is 35.0. The zero-order valence-corrected chi connectivity index (χ0v) is 46.4. The Hall–Kier alpha value is -1.27. The van der Waals surface area contributed by atoms with Crippen molar-refractivity contribution in [2.75, 3.05) is 19.8 Å². The minimum absolute atomic E-state index is 0.212. The SMILES string of the molecule is CCCCCCCC/C=C\CCCCCCCC(=O)NC(COC1OC(CO)C(OC2OC(CO)C(O)C(O)C2O)C(O)C1O)C(O)CCCCCCCCCCCCCCCCCCCCCCCCCC. The van der Waals surface area contributed by atoms with Crippen molar-refractivity contribution in [2.24, 2.45) is 0 Å². The van der Waals surface area contributed by atoms with Crippen molar-refractivity contribution in [3.63, 3.8) is 0 Å². The molecule has 0 radical (unpaired) electrons. The van der Waals surface area contributed by atoms with E-state index < -0.39 is 86.8 Å². The molecular weight excluding hydrogens is 931 g/mol. The Morgan fingerprint density at radius 2 is 0.863 bits per heavy atom. The predicted octanol–water partition coefficient (Wildman–Crippen LogP) is 10.3. The largest absolute Gasteiger partial charge is 0.394 e. The van der Waals surface area contributed by atoms with E-state index in [-0.39, 0.29) is 12.5 Å². The van der Waals surface area contributed by atoms with Crippen molar-refractivity contribution < 1.29 is 64.6 Å². The molecule has 2 heterocycles. The molecule has 2 aliphatic rings. The summed E-state index contributed by atoms with van der Waals surface area (Å²) in [5.74, 6) is -0.212. The topological polar surface area (TPSA) is 228 Å². The zero-order chi connectivity index (χ0) is 53.2. The van der Waals surface area contributed by atoms with Gasteiger partial charge in [-0.25, -0.2) is 0 Å². The van der Waals surface area contributed by atoms with Gasteiger partial charge in [0.2, 0.25) is 5.91 Å². The number of hydrogen-bond donors (Lipinski definition) is 9. The summed E-state index contributed by atoms with van der Waals surface area (Å²) in [4.78, 5) is 13.2. The van der Waals surface area contributed by atoms with Gasteiger partial charge in [-0.05, 0) is 38.5 Å². The average molecular weight is 1040 g/mol. The molecule has 0 aliphatic carbocycles. The first-order chi connectivity index (χ1) is 35.6. The first kappa shape index (κ1) is 67.8. The Labute approximate surface area is 444 Å². The van der Waals surface area contributed by atoms with Crippen molar-refractivity contribution >= 4 is 5.91 Å². The lowest BCUT2D eigenvalue weighted by molar-refractivity contribution is -0.359. The molecule has 12 atom stereocenters. The Balaban J connectivity index is 1.73. The van der Waals surface area contributed by atoms with Gasteiger partial charge < -0.3 is 65.1 Å². The fourth-order valence-corrected chi connectivity index (χ4v) is 10.3. The highest BCUT2D eigenvalue weighted by Crippen LogP contribution is 2.30. The van der Waals surface area contributed by atoms with Gasteiger partial charge in [-0.3, -0.25) is 4.79 Å². The third kappa shape index (κ3) is 31.7. The number of rotatable bonds is 49. The Bertz CT molecular complexity index is 1280. The molecule has 2 saturated heterocycles. The summed E-state index contributed by atoms with van der Waals surface area (Å²) in [5.41, 5.74) is 0. The maximum absolute atomic E-state index is 13.2. The van der Waals surface area contributed by atoms with Crippen LogP contribution in [0.25, 0.3) is 0 Å². The molecular formula is C59H113NO13. The predicted molar refractivity (Wildman–Crippen MR) is 291 cm³/mol. The number of unbranched alkanes of at least 4 members (excludes halogenated alkanes) is 34. The molecule has 14 nitrogen and oxygen atoms in total. The van der Waals surface area contributed by atoms with Crippen LogP contribution in [0.1, 0.15) is 264 Å². The second-order valence-corrected chi connectivity index (χ2v) is 21.8. The molecule has 0 saturated carbocycles. The smallest absolute Gasteiger partial charge is 0.220 e. The molecule has 0 spiro atoms. The highest BCUT2D eigenvalue weighted by molar-refractivity contribution is 5.76. The van der Waals surface area contributed by atoms with E-state index in [2.05, 4.69) is 31.3 Å². The summed E-state index contributed by atoms with van der Waals surface area (Å²) < 4.78 is 22.8. The molecule has 1 amide bonds. The zero-order valence-electron chi connectivity index (χ0n) is 46.4. The van der Waals surface area contributed by atoms with Crippen LogP contribution < -0.4 is 5.32 Å². The highest BCUT2D eigenvalue weighted by atomic mass is 16.7. The van der Waals surface area contributed by atoms with E-state index >= 15 is 0 Å². The number of allylic oxidation sites excluding steroid dienone is 2. The summed E-state index contributed by atoms with van der Waals surface area (Å²) in [5, 5.41) is 87.3. The fraction of sp³-hybridized carbons (Fsp3) is 0.949. The van der Waals surface area contributed by atoms with Gasteiger partial charge >= 0.3 is 0 Å². The molecule has 0 bridgehead atoms. The highest BCUT2D eigenvalue weighted by Gasteiger charge is 2.51. The Morgan fingerprint density at radius 3 is 1.30 bits per heavy atom. The molecule has 432 valence electrons. The summed E-state index contributed by atoms with van der Waals surface area (Å²) in [6, 6.07) is -0.830. The lowest BCUT2D eigenvalue weighted by Crippen LogP contribution is -2.65. The quantitative estimate of drug-likeness (QED) is 0.0204. The number of amides is 1. The molecule has 9 N–H and O–H groups in total. The maximum Gasteiger partial charge on any atom is 0.220 e. The van der Waals surface area contributed by atoms with Crippen LogP contribution in [0.3, 0.4) is 0 Å². The number of carbonyl (C=O) groups is 1. The second kappa shape index (κ2) is 45.7. The first-order valence-electron chi connectivity index (χ1n) is 30.4. The molecule has 0 aromatic heterocycles. The Kier molecular flexibility index (Phi) is 42.5. The summed E-state index contributed by atoms with van der Waals surface area (Å²) in [6.45, 7) is 2.88. The van der Waals surface area contributed by atoms with Crippen LogP contribution in [-0.2, 0) is 23.7 Å². The van der Waals surface area contributed by atoms with Crippen LogP contribution in [0.15, 0.2) is 12.2 Å². The fourth-order valence-electron chi connectivity index (χ4n) is 10.3. The lowest BCUT2D eigenvalue weighted by Gasteiger charge is -2.46. The molecule has 73 heavy (non-hydrogen) atoms. The van der Waals surface area contributed by atoms with Gasteiger partial charge in [-0.15, -0.1) is 0 Å². The summed E-state index contributed by atoms with van der Waals surface area (Å²) >= 11 is 0. The molecule has 2 aliphatic heterocycles. The van der Waals surface area contributed by atoms with Gasteiger partial charge in [0, 0.05) is 6.42 Å². The molecule has 2 fully saturated rings. The van der Waals surface area contributed by atoms with Crippen molar-refractivity contribution in [2.45, 2.75) is 338 Å². The number of aliphatic hydroxyl groups excluding tert-OH is 8. The number of hydrogen-bond acceptors (Lipinski definition) is 13. The number of nitrogens with one attached hydrogen (secondary N) is 1. The van der Waals surface area contributed by atoms with Crippen molar-refractivity contribution in [1.82, 2.24) is 5.32 Å². The van der Waals surface area contributed by atoms with Crippen LogP contribution in [0.4, 0.5) is 0 Å². The van der Waals surface area contributed by atoms with E-state index in [0.29, 0.717) is 19.3 Å². The van der Waals surface area contributed by atoms with E-state index in [4.69, 9.17) is 18.9 Å². The van der Waals surface area contributed by atoms with Crippen LogP contribution in [0, 0.1) is 0 Å². The number of ether oxygens (including phenoxy) is 4. The monoisotopic (exact) mass is 1040 g/mol. The van der Waals surface area contributed by atoms with Crippen LogP contribution in [0.2, 0.25) is 0 Å². The average Bonchev–Trinajstić information content (AvgIpc) is 3.39. The third-order valence-corrected chi connectivity index (χ3v) is 15.2.